The van der Waals surface area contributed by atoms with Crippen molar-refractivity contribution in [3.05, 3.63) is 30.1 Å². The first kappa shape index (κ1) is 19.7. The van der Waals surface area contributed by atoms with Crippen LogP contribution in [0.2, 0.25) is 0 Å². The molecule has 0 radical (unpaired) electrons. The molecule has 1 aromatic heterocycles. The summed E-state index contributed by atoms with van der Waals surface area (Å²) in [6, 6.07) is 5.38. The van der Waals surface area contributed by atoms with Gasteiger partial charge in [0.05, 0.1) is 30.7 Å². The van der Waals surface area contributed by atoms with E-state index in [0.29, 0.717) is 12.3 Å². The average Bonchev–Trinajstić information content (AvgIpc) is 3.12. The number of aromatic nitrogens is 1. The fraction of sp³-hybridized carbons (Fsp3) is 0.650. The van der Waals surface area contributed by atoms with E-state index in [1.165, 1.54) is 4.90 Å². The second-order valence-electron chi connectivity index (χ2n) is 8.12. The lowest BCUT2D eigenvalue weighted by Crippen LogP contribution is -2.67. The molecule has 2 amide bonds. The fourth-order valence-corrected chi connectivity index (χ4v) is 3.72. The Bertz CT molecular complexity index is 689. The summed E-state index contributed by atoms with van der Waals surface area (Å²) in [6.07, 6.45) is 2.94. The molecule has 2 saturated heterocycles. The molecule has 0 aromatic carbocycles. The normalized spacial score (nSPS) is 24.4. The summed E-state index contributed by atoms with van der Waals surface area (Å²) in [5.41, 5.74) is -1.82. The van der Waals surface area contributed by atoms with Crippen LogP contribution >= 0.6 is 0 Å². The van der Waals surface area contributed by atoms with Crippen LogP contribution in [0.4, 0.5) is 4.39 Å². The number of carbonyl (C=O) groups excluding carboxylic acids is 2. The van der Waals surface area contributed by atoms with Crippen molar-refractivity contribution in [3.8, 4) is 0 Å². The summed E-state index contributed by atoms with van der Waals surface area (Å²) >= 11 is 0. The van der Waals surface area contributed by atoms with Crippen molar-refractivity contribution in [2.45, 2.75) is 50.8 Å². The van der Waals surface area contributed by atoms with Crippen LogP contribution in [0.5, 0.6) is 0 Å². The summed E-state index contributed by atoms with van der Waals surface area (Å²) in [5, 5.41) is 2.69. The van der Waals surface area contributed by atoms with Crippen molar-refractivity contribution < 1.29 is 18.7 Å². The summed E-state index contributed by atoms with van der Waals surface area (Å²) in [4.78, 5) is 30.8. The molecule has 7 heteroatoms. The zero-order valence-corrected chi connectivity index (χ0v) is 16.2. The summed E-state index contributed by atoms with van der Waals surface area (Å²) < 4.78 is 20.4. The maximum absolute atomic E-state index is 14.9. The average molecular weight is 377 g/mol. The van der Waals surface area contributed by atoms with E-state index in [-0.39, 0.29) is 37.4 Å². The summed E-state index contributed by atoms with van der Waals surface area (Å²) in [6.45, 7) is 6.01. The molecule has 27 heavy (non-hydrogen) atoms. The van der Waals surface area contributed by atoms with Gasteiger partial charge in [0.1, 0.15) is 6.10 Å². The number of amides is 2. The number of hydrogen-bond acceptors (Lipinski definition) is 4. The second kappa shape index (κ2) is 7.54. The Hall–Kier alpha value is -2.02. The van der Waals surface area contributed by atoms with Crippen LogP contribution in [0.25, 0.3) is 0 Å². The molecule has 1 N–H and O–H groups in total. The van der Waals surface area contributed by atoms with Crippen LogP contribution in [-0.4, -0.2) is 59.7 Å². The Labute approximate surface area is 159 Å². The third kappa shape index (κ3) is 3.98. The number of ether oxygens (including phenoxy) is 1. The number of hydrogen-bond donors (Lipinski definition) is 1. The lowest BCUT2D eigenvalue weighted by molar-refractivity contribution is -0.157. The number of pyridine rings is 1. The highest BCUT2D eigenvalue weighted by Crippen LogP contribution is 2.31. The minimum absolute atomic E-state index is 0.00752. The number of nitrogens with zero attached hydrogens (tertiary/aromatic N) is 2. The third-order valence-corrected chi connectivity index (χ3v) is 5.68. The SMILES string of the molecule is CC[C@@H]1CCO[C@@H]1C(=O)N1CC(F)(CNC(=O)C(C)(C)c2ccccn2)C1. The van der Waals surface area contributed by atoms with Crippen molar-refractivity contribution >= 4 is 11.8 Å². The maximum Gasteiger partial charge on any atom is 0.252 e. The van der Waals surface area contributed by atoms with Crippen molar-refractivity contribution in [3.63, 3.8) is 0 Å². The van der Waals surface area contributed by atoms with Gasteiger partial charge in [-0.05, 0) is 38.3 Å². The highest BCUT2D eigenvalue weighted by molar-refractivity contribution is 5.87. The number of halogens is 1. The Morgan fingerprint density at radius 2 is 2.15 bits per heavy atom. The van der Waals surface area contributed by atoms with Gasteiger partial charge in [-0.1, -0.05) is 19.4 Å². The van der Waals surface area contributed by atoms with Crippen LogP contribution in [0.3, 0.4) is 0 Å². The van der Waals surface area contributed by atoms with Gasteiger partial charge in [0.25, 0.3) is 5.91 Å². The van der Waals surface area contributed by atoms with Gasteiger partial charge in [0.2, 0.25) is 5.91 Å². The lowest BCUT2D eigenvalue weighted by atomic mass is 9.87. The highest BCUT2D eigenvalue weighted by atomic mass is 19.1. The molecule has 2 fully saturated rings. The first-order valence-electron chi connectivity index (χ1n) is 9.56. The van der Waals surface area contributed by atoms with Gasteiger partial charge in [-0.25, -0.2) is 4.39 Å². The van der Waals surface area contributed by atoms with E-state index in [4.69, 9.17) is 4.74 Å². The number of alkyl halides is 1. The van der Waals surface area contributed by atoms with Crippen molar-refractivity contribution in [2.24, 2.45) is 5.92 Å². The fourth-order valence-electron chi connectivity index (χ4n) is 3.72. The van der Waals surface area contributed by atoms with Gasteiger partial charge in [-0.15, -0.1) is 0 Å². The Morgan fingerprint density at radius 1 is 1.41 bits per heavy atom. The molecule has 0 bridgehead atoms. The standard InChI is InChI=1S/C20H28FN3O3/c1-4-14-8-10-27-16(14)17(25)24-12-20(21,13-24)11-23-18(26)19(2,3)15-7-5-6-9-22-15/h5-7,9,14,16H,4,8,10-13H2,1-3H3,(H,23,26)/t14-,16+/m1/s1. The smallest absolute Gasteiger partial charge is 0.252 e. The van der Waals surface area contributed by atoms with Crippen LogP contribution in [0.1, 0.15) is 39.3 Å². The molecule has 3 rings (SSSR count). The van der Waals surface area contributed by atoms with Gasteiger partial charge in [-0.3, -0.25) is 14.6 Å². The molecule has 0 saturated carbocycles. The minimum atomic E-state index is -1.59. The summed E-state index contributed by atoms with van der Waals surface area (Å²) in [7, 11) is 0. The van der Waals surface area contributed by atoms with Crippen molar-refractivity contribution in [1.82, 2.24) is 15.2 Å². The van der Waals surface area contributed by atoms with Crippen LogP contribution in [0.15, 0.2) is 24.4 Å². The topological polar surface area (TPSA) is 71.5 Å². The van der Waals surface area contributed by atoms with E-state index in [1.54, 1.807) is 32.2 Å². The molecule has 0 spiro atoms. The largest absolute Gasteiger partial charge is 0.368 e. The van der Waals surface area contributed by atoms with Gasteiger partial charge in [-0.2, -0.15) is 0 Å². The first-order valence-corrected chi connectivity index (χ1v) is 9.56. The van der Waals surface area contributed by atoms with Crippen molar-refractivity contribution in [1.29, 1.82) is 0 Å². The molecule has 0 unspecified atom stereocenters. The number of carbonyl (C=O) groups is 2. The lowest BCUT2D eigenvalue weighted by Gasteiger charge is -2.45. The molecule has 6 nitrogen and oxygen atoms in total. The molecule has 1 aromatic rings. The highest BCUT2D eigenvalue weighted by Gasteiger charge is 2.49. The van der Waals surface area contributed by atoms with Gasteiger partial charge < -0.3 is 15.0 Å². The predicted molar refractivity (Wildman–Crippen MR) is 98.8 cm³/mol. The van der Waals surface area contributed by atoms with Crippen LogP contribution < -0.4 is 5.32 Å². The van der Waals surface area contributed by atoms with E-state index in [1.807, 2.05) is 13.0 Å². The van der Waals surface area contributed by atoms with E-state index in [0.717, 1.165) is 12.8 Å². The summed E-state index contributed by atoms with van der Waals surface area (Å²) in [5.74, 6) is -0.202. The predicted octanol–water partition coefficient (Wildman–Crippen LogP) is 1.84. The molecule has 148 valence electrons. The van der Waals surface area contributed by atoms with E-state index in [9.17, 15) is 14.0 Å². The first-order chi connectivity index (χ1) is 12.8. The van der Waals surface area contributed by atoms with E-state index >= 15 is 0 Å². The zero-order valence-electron chi connectivity index (χ0n) is 16.2. The van der Waals surface area contributed by atoms with Crippen LogP contribution in [-0.2, 0) is 19.7 Å². The van der Waals surface area contributed by atoms with E-state index < -0.39 is 17.2 Å². The van der Waals surface area contributed by atoms with Crippen LogP contribution in [0, 0.1) is 5.92 Å². The molecule has 2 atom stereocenters. The van der Waals surface area contributed by atoms with E-state index in [2.05, 4.69) is 10.3 Å². The zero-order chi connectivity index (χ0) is 19.7. The molecular weight excluding hydrogens is 349 g/mol. The quantitative estimate of drug-likeness (QED) is 0.821. The van der Waals surface area contributed by atoms with Crippen molar-refractivity contribution in [2.75, 3.05) is 26.2 Å². The number of likely N-dealkylation sites (tertiary alicyclic amines) is 1. The Kier molecular flexibility index (Phi) is 5.51. The molecule has 0 aliphatic carbocycles. The molecule has 3 heterocycles. The maximum atomic E-state index is 14.9. The monoisotopic (exact) mass is 377 g/mol. The molecule has 2 aliphatic rings. The Balaban J connectivity index is 1.51. The van der Waals surface area contributed by atoms with Gasteiger partial charge in [0, 0.05) is 12.8 Å². The minimum Gasteiger partial charge on any atom is -0.368 e. The van der Waals surface area contributed by atoms with Gasteiger partial charge in [0.15, 0.2) is 5.67 Å². The van der Waals surface area contributed by atoms with Gasteiger partial charge >= 0.3 is 0 Å². The number of nitrogens with one attached hydrogen (secondary N) is 1. The second-order valence-corrected chi connectivity index (χ2v) is 8.12. The third-order valence-electron chi connectivity index (χ3n) is 5.68. The molecule has 2 aliphatic heterocycles. The number of rotatable bonds is 6. The molecular formula is C20H28FN3O3. The Morgan fingerprint density at radius 3 is 2.78 bits per heavy atom.